The second-order valence-electron chi connectivity index (χ2n) is 3.13. The highest BCUT2D eigenvalue weighted by molar-refractivity contribution is 5.81. The lowest BCUT2D eigenvalue weighted by atomic mass is 10.0. The van der Waals surface area contributed by atoms with Gasteiger partial charge in [0.15, 0.2) is 0 Å². The third kappa shape index (κ3) is 4.79. The molecule has 0 aromatic carbocycles. The monoisotopic (exact) mass is 158 g/mol. The van der Waals surface area contributed by atoms with Crippen molar-refractivity contribution < 1.29 is 4.79 Å². The molecule has 0 spiro atoms. The molecule has 0 saturated carbocycles. The zero-order valence-corrected chi connectivity index (χ0v) is 7.55. The minimum atomic E-state index is -0.338. The lowest BCUT2D eigenvalue weighted by molar-refractivity contribution is -0.122. The number of nitrogens with one attached hydrogen (secondary N) is 1. The zero-order valence-electron chi connectivity index (χ0n) is 7.55. The van der Waals surface area contributed by atoms with Gasteiger partial charge in [0.05, 0.1) is 6.04 Å². The molecule has 0 aliphatic carbocycles. The van der Waals surface area contributed by atoms with Gasteiger partial charge in [-0.1, -0.05) is 13.8 Å². The summed E-state index contributed by atoms with van der Waals surface area (Å²) >= 11 is 0. The molecule has 0 saturated heterocycles. The number of hydrogen-bond donors (Lipinski definition) is 2. The molecule has 0 aromatic rings. The highest BCUT2D eigenvalue weighted by Crippen LogP contribution is 2.01. The molecule has 0 fully saturated rings. The van der Waals surface area contributed by atoms with Crippen LogP contribution in [0.5, 0.6) is 0 Å². The smallest absolute Gasteiger partial charge is 0.236 e. The maximum atomic E-state index is 11.0. The van der Waals surface area contributed by atoms with Crippen molar-refractivity contribution in [3.05, 3.63) is 0 Å². The molecule has 66 valence electrons. The number of nitrogens with two attached hydrogens (primary N) is 1. The minimum absolute atomic E-state index is 0.0406. The van der Waals surface area contributed by atoms with Crippen molar-refractivity contribution in [2.75, 3.05) is 6.54 Å². The van der Waals surface area contributed by atoms with E-state index in [1.807, 2.05) is 6.92 Å². The van der Waals surface area contributed by atoms with Gasteiger partial charge in [-0.3, -0.25) is 4.79 Å². The van der Waals surface area contributed by atoms with Crippen molar-refractivity contribution in [3.63, 3.8) is 0 Å². The van der Waals surface area contributed by atoms with E-state index in [-0.39, 0.29) is 11.9 Å². The number of carbonyl (C=O) groups excluding carboxylic acids is 1. The van der Waals surface area contributed by atoms with E-state index in [1.165, 1.54) is 0 Å². The first-order valence-corrected chi connectivity index (χ1v) is 4.11. The molecule has 1 amide bonds. The number of likely N-dealkylation sites (N-methyl/N-ethyl adjacent to an activating group) is 1. The van der Waals surface area contributed by atoms with Gasteiger partial charge < -0.3 is 11.1 Å². The molecule has 0 unspecified atom stereocenters. The third-order valence-corrected chi connectivity index (χ3v) is 1.41. The molecule has 0 aliphatic heterocycles. The first-order chi connectivity index (χ1) is 5.07. The lowest BCUT2D eigenvalue weighted by Crippen LogP contribution is -2.41. The van der Waals surface area contributed by atoms with Crippen molar-refractivity contribution in [1.29, 1.82) is 0 Å². The largest absolute Gasteiger partial charge is 0.355 e. The number of hydrogen-bond acceptors (Lipinski definition) is 2. The van der Waals surface area contributed by atoms with Crippen LogP contribution in [0.25, 0.3) is 0 Å². The Hall–Kier alpha value is -0.570. The summed E-state index contributed by atoms with van der Waals surface area (Å²) in [5.74, 6) is 0.439. The number of carbonyl (C=O) groups is 1. The van der Waals surface area contributed by atoms with Crippen molar-refractivity contribution in [2.45, 2.75) is 33.2 Å². The summed E-state index contributed by atoms with van der Waals surface area (Å²) in [6, 6.07) is -0.338. The van der Waals surface area contributed by atoms with Gasteiger partial charge in [-0.05, 0) is 19.3 Å². The zero-order chi connectivity index (χ0) is 8.85. The van der Waals surface area contributed by atoms with E-state index < -0.39 is 0 Å². The van der Waals surface area contributed by atoms with Crippen molar-refractivity contribution in [1.82, 2.24) is 5.32 Å². The third-order valence-electron chi connectivity index (χ3n) is 1.41. The van der Waals surface area contributed by atoms with Crippen molar-refractivity contribution in [2.24, 2.45) is 11.7 Å². The predicted molar refractivity (Wildman–Crippen MR) is 46.1 cm³/mol. The van der Waals surface area contributed by atoms with Crippen LogP contribution in [-0.2, 0) is 4.79 Å². The quantitative estimate of drug-likeness (QED) is 0.626. The average Bonchev–Trinajstić information content (AvgIpc) is 1.86. The molecule has 3 N–H and O–H groups in total. The van der Waals surface area contributed by atoms with Crippen LogP contribution < -0.4 is 11.1 Å². The van der Waals surface area contributed by atoms with Crippen LogP contribution in [0, 0.1) is 5.92 Å². The van der Waals surface area contributed by atoms with Gasteiger partial charge in [0.1, 0.15) is 0 Å². The van der Waals surface area contributed by atoms with Crippen LogP contribution >= 0.6 is 0 Å². The summed E-state index contributed by atoms with van der Waals surface area (Å²) in [6.07, 6.45) is 0.756. The average molecular weight is 158 g/mol. The van der Waals surface area contributed by atoms with Crippen LogP contribution in [-0.4, -0.2) is 18.5 Å². The van der Waals surface area contributed by atoms with E-state index in [2.05, 4.69) is 19.2 Å². The molecule has 0 heterocycles. The normalized spacial score (nSPS) is 13.2. The SMILES string of the molecule is CCNC(=O)[C@@H](N)CC(C)C. The van der Waals surface area contributed by atoms with Crippen LogP contribution in [0.1, 0.15) is 27.2 Å². The molecule has 3 nitrogen and oxygen atoms in total. The Labute approximate surface area is 68.3 Å². The van der Waals surface area contributed by atoms with Crippen LogP contribution in [0.4, 0.5) is 0 Å². The van der Waals surface area contributed by atoms with E-state index in [0.717, 1.165) is 6.42 Å². The Morgan fingerprint density at radius 1 is 1.55 bits per heavy atom. The molecule has 0 aromatic heterocycles. The van der Waals surface area contributed by atoms with E-state index in [0.29, 0.717) is 12.5 Å². The summed E-state index contributed by atoms with van der Waals surface area (Å²) in [7, 11) is 0. The van der Waals surface area contributed by atoms with Gasteiger partial charge in [-0.15, -0.1) is 0 Å². The Bertz CT molecular complexity index is 123. The fourth-order valence-corrected chi connectivity index (χ4v) is 0.920. The fraction of sp³-hybridized carbons (Fsp3) is 0.875. The van der Waals surface area contributed by atoms with Gasteiger partial charge in [0.25, 0.3) is 0 Å². The number of amides is 1. The van der Waals surface area contributed by atoms with E-state index in [4.69, 9.17) is 5.73 Å². The summed E-state index contributed by atoms with van der Waals surface area (Å²) in [6.45, 7) is 6.66. The molecule has 0 aliphatic rings. The summed E-state index contributed by atoms with van der Waals surface area (Å²) in [5, 5.41) is 2.69. The highest BCUT2D eigenvalue weighted by atomic mass is 16.2. The molecule has 0 bridgehead atoms. The number of rotatable bonds is 4. The maximum absolute atomic E-state index is 11.0. The van der Waals surface area contributed by atoms with Crippen molar-refractivity contribution in [3.8, 4) is 0 Å². The van der Waals surface area contributed by atoms with Gasteiger partial charge in [-0.25, -0.2) is 0 Å². The second kappa shape index (κ2) is 5.13. The van der Waals surface area contributed by atoms with Crippen LogP contribution in [0.3, 0.4) is 0 Å². The molecule has 0 rings (SSSR count). The molecular formula is C8H18N2O. The standard InChI is InChI=1S/C8H18N2O/c1-4-10-8(11)7(9)5-6(2)3/h6-7H,4-5,9H2,1-3H3,(H,10,11)/t7-/m0/s1. The van der Waals surface area contributed by atoms with Crippen molar-refractivity contribution >= 4 is 5.91 Å². The van der Waals surface area contributed by atoms with Crippen LogP contribution in [0.2, 0.25) is 0 Å². The molecule has 11 heavy (non-hydrogen) atoms. The maximum Gasteiger partial charge on any atom is 0.236 e. The van der Waals surface area contributed by atoms with Gasteiger partial charge in [0, 0.05) is 6.54 Å². The second-order valence-corrected chi connectivity index (χ2v) is 3.13. The molecule has 0 radical (unpaired) electrons. The molecular weight excluding hydrogens is 140 g/mol. The highest BCUT2D eigenvalue weighted by Gasteiger charge is 2.12. The van der Waals surface area contributed by atoms with Crippen LogP contribution in [0.15, 0.2) is 0 Å². The van der Waals surface area contributed by atoms with Gasteiger partial charge >= 0.3 is 0 Å². The van der Waals surface area contributed by atoms with E-state index in [9.17, 15) is 4.79 Å². The minimum Gasteiger partial charge on any atom is -0.355 e. The summed E-state index contributed by atoms with van der Waals surface area (Å²) < 4.78 is 0. The fourth-order valence-electron chi connectivity index (χ4n) is 0.920. The Balaban J connectivity index is 3.64. The molecule has 3 heteroatoms. The van der Waals surface area contributed by atoms with Gasteiger partial charge in [0.2, 0.25) is 5.91 Å². The topological polar surface area (TPSA) is 55.1 Å². The molecule has 1 atom stereocenters. The van der Waals surface area contributed by atoms with Gasteiger partial charge in [-0.2, -0.15) is 0 Å². The van der Waals surface area contributed by atoms with E-state index in [1.54, 1.807) is 0 Å². The predicted octanol–water partition coefficient (Wildman–Crippen LogP) is 0.496. The Morgan fingerprint density at radius 3 is 2.45 bits per heavy atom. The Morgan fingerprint density at radius 2 is 2.09 bits per heavy atom. The Kier molecular flexibility index (Phi) is 4.86. The first-order valence-electron chi connectivity index (χ1n) is 4.11. The lowest BCUT2D eigenvalue weighted by Gasteiger charge is -2.12. The summed E-state index contributed by atoms with van der Waals surface area (Å²) in [5.41, 5.74) is 5.59. The van der Waals surface area contributed by atoms with E-state index >= 15 is 0 Å². The first kappa shape index (κ1) is 10.4. The summed E-state index contributed by atoms with van der Waals surface area (Å²) in [4.78, 5) is 11.0.